The van der Waals surface area contributed by atoms with Crippen molar-refractivity contribution in [1.29, 1.82) is 0 Å². The lowest BCUT2D eigenvalue weighted by Gasteiger charge is -2.04. The first-order valence-corrected chi connectivity index (χ1v) is 8.56. The van der Waals surface area contributed by atoms with E-state index in [2.05, 4.69) is 31.7 Å². The number of hydrogen-bond acceptors (Lipinski definition) is 5. The third-order valence-electron chi connectivity index (χ3n) is 4.31. The Morgan fingerprint density at radius 2 is 1.81 bits per heavy atom. The summed E-state index contributed by atoms with van der Waals surface area (Å²) in [6.07, 6.45) is 0. The van der Waals surface area contributed by atoms with Gasteiger partial charge in [0, 0.05) is 11.4 Å². The SMILES string of the molecule is CC(=NNC(=O)c1nc2nc(C)cc(C)n2n1)c1ccc2ccccc2c1. The molecule has 0 bridgehead atoms. The minimum atomic E-state index is -0.474. The fourth-order valence-electron chi connectivity index (χ4n) is 2.93. The fraction of sp³-hybridized carbons (Fsp3) is 0.150. The first kappa shape index (κ1) is 16.8. The van der Waals surface area contributed by atoms with Crippen LogP contribution < -0.4 is 5.43 Å². The van der Waals surface area contributed by atoms with Crippen molar-refractivity contribution in [2.45, 2.75) is 20.8 Å². The Hall–Kier alpha value is -3.61. The molecule has 2 aromatic heterocycles. The lowest BCUT2D eigenvalue weighted by atomic mass is 10.0. The number of rotatable bonds is 3. The summed E-state index contributed by atoms with van der Waals surface area (Å²) in [5.41, 5.74) is 5.84. The van der Waals surface area contributed by atoms with E-state index in [0.717, 1.165) is 27.7 Å². The van der Waals surface area contributed by atoms with Crippen LogP contribution in [0, 0.1) is 13.8 Å². The predicted octanol–water partition coefficient (Wildman–Crippen LogP) is 3.05. The van der Waals surface area contributed by atoms with Crippen molar-refractivity contribution < 1.29 is 4.79 Å². The van der Waals surface area contributed by atoms with Crippen molar-refractivity contribution in [2.24, 2.45) is 5.10 Å². The van der Waals surface area contributed by atoms with Gasteiger partial charge < -0.3 is 0 Å². The molecule has 7 nitrogen and oxygen atoms in total. The molecule has 0 saturated heterocycles. The van der Waals surface area contributed by atoms with Crippen molar-refractivity contribution in [1.82, 2.24) is 25.0 Å². The van der Waals surface area contributed by atoms with Gasteiger partial charge in [-0.15, -0.1) is 5.10 Å². The maximum Gasteiger partial charge on any atom is 0.311 e. The molecule has 4 rings (SSSR count). The van der Waals surface area contributed by atoms with Gasteiger partial charge >= 0.3 is 5.91 Å². The Morgan fingerprint density at radius 1 is 1.04 bits per heavy atom. The summed E-state index contributed by atoms with van der Waals surface area (Å²) < 4.78 is 1.54. The van der Waals surface area contributed by atoms with Gasteiger partial charge in [0.05, 0.1) is 5.71 Å². The van der Waals surface area contributed by atoms with Crippen LogP contribution in [-0.2, 0) is 0 Å². The third-order valence-corrected chi connectivity index (χ3v) is 4.31. The van der Waals surface area contributed by atoms with E-state index >= 15 is 0 Å². The summed E-state index contributed by atoms with van der Waals surface area (Å²) in [4.78, 5) is 20.8. The van der Waals surface area contributed by atoms with E-state index in [4.69, 9.17) is 0 Å². The molecule has 0 fully saturated rings. The second-order valence-electron chi connectivity index (χ2n) is 6.39. The Morgan fingerprint density at radius 3 is 2.63 bits per heavy atom. The zero-order valence-electron chi connectivity index (χ0n) is 15.3. The van der Waals surface area contributed by atoms with Crippen LogP contribution in [0.1, 0.15) is 34.5 Å². The summed E-state index contributed by atoms with van der Waals surface area (Å²) >= 11 is 0. The summed E-state index contributed by atoms with van der Waals surface area (Å²) in [7, 11) is 0. The molecule has 2 heterocycles. The van der Waals surface area contributed by atoms with Gasteiger partial charge in [0.1, 0.15) is 0 Å². The smallest absolute Gasteiger partial charge is 0.264 e. The van der Waals surface area contributed by atoms with E-state index in [1.807, 2.05) is 63.2 Å². The number of aryl methyl sites for hydroxylation is 2. The van der Waals surface area contributed by atoms with Crippen molar-refractivity contribution in [3.05, 3.63) is 71.3 Å². The highest BCUT2D eigenvalue weighted by molar-refractivity contribution is 6.03. The summed E-state index contributed by atoms with van der Waals surface area (Å²) in [5.74, 6) is -0.0446. The maximum atomic E-state index is 12.4. The number of nitrogens with zero attached hydrogens (tertiary/aromatic N) is 5. The summed E-state index contributed by atoms with van der Waals surface area (Å²) in [5, 5.41) is 10.7. The Balaban J connectivity index is 1.57. The normalized spacial score (nSPS) is 11.9. The van der Waals surface area contributed by atoms with Gasteiger partial charge in [-0.05, 0) is 49.2 Å². The lowest BCUT2D eigenvalue weighted by molar-refractivity contribution is 0.0944. The van der Waals surface area contributed by atoms with E-state index in [1.165, 1.54) is 0 Å². The van der Waals surface area contributed by atoms with Crippen LogP contribution >= 0.6 is 0 Å². The lowest BCUT2D eigenvalue weighted by Crippen LogP contribution is -2.20. The molecule has 0 atom stereocenters. The molecule has 4 aromatic rings. The molecule has 1 amide bonds. The van der Waals surface area contributed by atoms with Gasteiger partial charge in [0.15, 0.2) is 0 Å². The molecule has 0 unspecified atom stereocenters. The minimum Gasteiger partial charge on any atom is -0.264 e. The van der Waals surface area contributed by atoms with Crippen LogP contribution in [-0.4, -0.2) is 31.2 Å². The van der Waals surface area contributed by atoms with Crippen LogP contribution in [0.5, 0.6) is 0 Å². The van der Waals surface area contributed by atoms with Crippen LogP contribution in [0.3, 0.4) is 0 Å². The molecule has 27 heavy (non-hydrogen) atoms. The van der Waals surface area contributed by atoms with Crippen LogP contribution in [0.4, 0.5) is 0 Å². The van der Waals surface area contributed by atoms with E-state index in [1.54, 1.807) is 4.52 Å². The van der Waals surface area contributed by atoms with Gasteiger partial charge in [0.25, 0.3) is 5.78 Å². The van der Waals surface area contributed by atoms with Gasteiger partial charge in [-0.1, -0.05) is 36.4 Å². The van der Waals surface area contributed by atoms with Gasteiger partial charge in [-0.3, -0.25) is 4.79 Å². The van der Waals surface area contributed by atoms with Crippen LogP contribution in [0.2, 0.25) is 0 Å². The predicted molar refractivity (Wildman–Crippen MR) is 104 cm³/mol. The fourth-order valence-corrected chi connectivity index (χ4v) is 2.93. The highest BCUT2D eigenvalue weighted by Crippen LogP contribution is 2.16. The van der Waals surface area contributed by atoms with Gasteiger partial charge in [-0.25, -0.2) is 14.9 Å². The second-order valence-corrected chi connectivity index (χ2v) is 6.39. The largest absolute Gasteiger partial charge is 0.311 e. The zero-order chi connectivity index (χ0) is 19.0. The van der Waals surface area contributed by atoms with Gasteiger partial charge in [0.2, 0.25) is 5.82 Å². The molecular weight excluding hydrogens is 340 g/mol. The minimum absolute atomic E-state index is 0.0336. The van der Waals surface area contributed by atoms with Crippen molar-refractivity contribution in [2.75, 3.05) is 0 Å². The molecule has 0 aliphatic carbocycles. The van der Waals surface area contributed by atoms with E-state index in [0.29, 0.717) is 11.5 Å². The number of fused-ring (bicyclic) bond motifs is 2. The topological polar surface area (TPSA) is 84.5 Å². The second kappa shape index (κ2) is 6.60. The highest BCUT2D eigenvalue weighted by atomic mass is 16.2. The van der Waals surface area contributed by atoms with E-state index in [9.17, 15) is 4.79 Å². The molecule has 0 aliphatic heterocycles. The molecule has 134 valence electrons. The number of aromatic nitrogens is 4. The van der Waals surface area contributed by atoms with Crippen molar-refractivity contribution in [3.8, 4) is 0 Å². The third kappa shape index (κ3) is 3.27. The zero-order valence-corrected chi connectivity index (χ0v) is 15.3. The number of carbonyl (C=O) groups excluding carboxylic acids is 1. The first-order chi connectivity index (χ1) is 13.0. The van der Waals surface area contributed by atoms with Crippen LogP contribution in [0.25, 0.3) is 16.6 Å². The van der Waals surface area contributed by atoms with Gasteiger partial charge in [-0.2, -0.15) is 10.1 Å². The Bertz CT molecular complexity index is 1210. The van der Waals surface area contributed by atoms with E-state index < -0.39 is 5.91 Å². The molecule has 0 radical (unpaired) electrons. The molecule has 0 spiro atoms. The summed E-state index contributed by atoms with van der Waals surface area (Å²) in [6.45, 7) is 5.61. The summed E-state index contributed by atoms with van der Waals surface area (Å²) in [6, 6.07) is 16.0. The standard InChI is InChI=1S/C20H18N6O/c1-12-10-13(2)26-20(21-12)22-18(25-26)19(27)24-23-14(3)16-9-8-15-6-4-5-7-17(15)11-16/h4-11H,1-3H3,(H,24,27). The molecule has 0 aliphatic rings. The monoisotopic (exact) mass is 358 g/mol. The number of amides is 1. The number of hydrazone groups is 1. The molecule has 7 heteroatoms. The average Bonchev–Trinajstić information content (AvgIpc) is 3.10. The molecule has 0 saturated carbocycles. The number of nitrogens with one attached hydrogen (secondary N) is 1. The quantitative estimate of drug-likeness (QED) is 0.451. The number of hydrogen-bond donors (Lipinski definition) is 1. The molecular formula is C20H18N6O. The molecule has 2 aromatic carbocycles. The Labute approximate surface area is 155 Å². The van der Waals surface area contributed by atoms with Crippen molar-refractivity contribution in [3.63, 3.8) is 0 Å². The number of benzene rings is 2. The van der Waals surface area contributed by atoms with E-state index in [-0.39, 0.29) is 5.82 Å². The van der Waals surface area contributed by atoms with Crippen LogP contribution in [0.15, 0.2) is 53.6 Å². The van der Waals surface area contributed by atoms with Crippen molar-refractivity contribution >= 4 is 28.2 Å². The maximum absolute atomic E-state index is 12.4. The highest BCUT2D eigenvalue weighted by Gasteiger charge is 2.14. The average molecular weight is 358 g/mol. The Kier molecular flexibility index (Phi) is 4.12. The molecule has 1 N–H and O–H groups in total. The number of carbonyl (C=O) groups is 1. The first-order valence-electron chi connectivity index (χ1n) is 8.56.